The van der Waals surface area contributed by atoms with Crippen molar-refractivity contribution in [1.29, 1.82) is 0 Å². The zero-order valence-corrected chi connectivity index (χ0v) is 19.2. The largest absolute Gasteiger partial charge is 0.353 e. The molecule has 0 spiro atoms. The van der Waals surface area contributed by atoms with Gasteiger partial charge in [-0.2, -0.15) is 0 Å². The van der Waals surface area contributed by atoms with Crippen molar-refractivity contribution in [1.82, 2.24) is 10.2 Å². The topological polar surface area (TPSA) is 27.6 Å². The molecule has 0 aromatic heterocycles. The van der Waals surface area contributed by atoms with Gasteiger partial charge in [-0.3, -0.25) is 0 Å². The van der Waals surface area contributed by atoms with Gasteiger partial charge < -0.3 is 10.2 Å². The minimum absolute atomic E-state index is 0.564. The van der Waals surface area contributed by atoms with Crippen LogP contribution in [-0.4, -0.2) is 36.0 Å². The summed E-state index contributed by atoms with van der Waals surface area (Å²) in [4.78, 5) is 8.01. The second-order valence-electron chi connectivity index (χ2n) is 9.33. The minimum atomic E-state index is 0.564. The maximum Gasteiger partial charge on any atom is 0.194 e. The fourth-order valence-electron chi connectivity index (χ4n) is 4.81. The van der Waals surface area contributed by atoms with E-state index < -0.39 is 0 Å². The summed E-state index contributed by atoms with van der Waals surface area (Å²) in [5.74, 6) is 1.27. The lowest BCUT2D eigenvalue weighted by Gasteiger charge is -2.33. The van der Waals surface area contributed by atoms with Crippen LogP contribution in [0.15, 0.2) is 4.99 Å². The van der Waals surface area contributed by atoms with Crippen molar-refractivity contribution in [2.24, 2.45) is 4.99 Å². The number of guanidine groups is 1. The third kappa shape index (κ3) is 9.65. The van der Waals surface area contributed by atoms with Crippen LogP contribution in [0, 0.1) is 0 Å². The van der Waals surface area contributed by atoms with Gasteiger partial charge in [0.2, 0.25) is 0 Å². The Kier molecular flexibility index (Phi) is 12.7. The molecule has 0 saturated heterocycles. The monoisotopic (exact) mass is 391 g/mol. The van der Waals surface area contributed by atoms with E-state index in [2.05, 4.69) is 24.1 Å². The van der Waals surface area contributed by atoms with E-state index in [0.29, 0.717) is 12.1 Å². The Morgan fingerprint density at radius 1 is 0.714 bits per heavy atom. The zero-order chi connectivity index (χ0) is 19.9. The van der Waals surface area contributed by atoms with Crippen molar-refractivity contribution in [3.05, 3.63) is 0 Å². The van der Waals surface area contributed by atoms with Gasteiger partial charge in [-0.05, 0) is 38.5 Å². The number of rotatable bonds is 12. The molecule has 2 saturated carbocycles. The van der Waals surface area contributed by atoms with Gasteiger partial charge in [0.05, 0.1) is 6.04 Å². The first-order valence-electron chi connectivity index (χ1n) is 12.9. The molecule has 2 fully saturated rings. The number of hydrogen-bond donors (Lipinski definition) is 1. The Balaban J connectivity index is 2.02. The quantitative estimate of drug-likeness (QED) is 0.219. The highest BCUT2D eigenvalue weighted by Crippen LogP contribution is 2.22. The summed E-state index contributed by atoms with van der Waals surface area (Å²) in [6.45, 7) is 7.00. The Morgan fingerprint density at radius 3 is 1.79 bits per heavy atom. The molecular formula is C25H49N3. The van der Waals surface area contributed by atoms with Crippen LogP contribution in [0.4, 0.5) is 0 Å². The van der Waals surface area contributed by atoms with E-state index in [-0.39, 0.29) is 0 Å². The molecule has 0 atom stereocenters. The fraction of sp³-hybridized carbons (Fsp3) is 0.960. The SMILES string of the molecule is CCCCCCN(CCCCCC)/C(=N\C1CCCCC1)NC1CCCCC1. The number of nitrogens with one attached hydrogen (secondary N) is 1. The Morgan fingerprint density at radius 2 is 1.25 bits per heavy atom. The smallest absolute Gasteiger partial charge is 0.194 e. The van der Waals surface area contributed by atoms with Crippen LogP contribution in [-0.2, 0) is 0 Å². The fourth-order valence-corrected chi connectivity index (χ4v) is 4.81. The molecule has 0 unspecified atom stereocenters. The lowest BCUT2D eigenvalue weighted by Crippen LogP contribution is -2.48. The summed E-state index contributed by atoms with van der Waals surface area (Å²) in [6, 6.07) is 1.22. The summed E-state index contributed by atoms with van der Waals surface area (Å²) in [6.07, 6.45) is 24.4. The molecule has 0 heterocycles. The molecule has 2 rings (SSSR count). The standard InChI is InChI=1S/C25H49N3/c1-3-5-7-15-21-28(22-16-8-6-4-2)25(26-23-17-11-9-12-18-23)27-24-19-13-10-14-20-24/h23-24H,3-22H2,1-2H3,(H,26,27). The molecule has 164 valence electrons. The van der Waals surface area contributed by atoms with Crippen LogP contribution in [0.1, 0.15) is 129 Å². The van der Waals surface area contributed by atoms with E-state index >= 15 is 0 Å². The summed E-state index contributed by atoms with van der Waals surface area (Å²) in [7, 11) is 0. The Hall–Kier alpha value is -0.730. The number of hydrogen-bond acceptors (Lipinski definition) is 1. The van der Waals surface area contributed by atoms with E-state index in [4.69, 9.17) is 4.99 Å². The average molecular weight is 392 g/mol. The van der Waals surface area contributed by atoms with Gasteiger partial charge in [-0.15, -0.1) is 0 Å². The van der Waals surface area contributed by atoms with Gasteiger partial charge in [0, 0.05) is 19.1 Å². The molecule has 3 heteroatoms. The van der Waals surface area contributed by atoms with Gasteiger partial charge in [0.15, 0.2) is 5.96 Å². The van der Waals surface area contributed by atoms with Crippen molar-refractivity contribution in [2.75, 3.05) is 13.1 Å². The molecule has 0 bridgehead atoms. The van der Waals surface area contributed by atoms with Crippen molar-refractivity contribution >= 4 is 5.96 Å². The van der Waals surface area contributed by atoms with Gasteiger partial charge in [-0.25, -0.2) is 4.99 Å². The highest BCUT2D eigenvalue weighted by Gasteiger charge is 2.21. The summed E-state index contributed by atoms with van der Waals surface area (Å²) in [5, 5.41) is 3.96. The molecule has 3 nitrogen and oxygen atoms in total. The average Bonchev–Trinajstić information content (AvgIpc) is 2.74. The number of aliphatic imine (C=N–C) groups is 1. The van der Waals surface area contributed by atoms with E-state index in [9.17, 15) is 0 Å². The molecule has 2 aliphatic carbocycles. The predicted molar refractivity (Wildman–Crippen MR) is 124 cm³/mol. The van der Waals surface area contributed by atoms with Crippen molar-refractivity contribution in [3.8, 4) is 0 Å². The molecule has 28 heavy (non-hydrogen) atoms. The second kappa shape index (κ2) is 15.2. The highest BCUT2D eigenvalue weighted by atomic mass is 15.3. The first-order chi connectivity index (χ1) is 13.8. The van der Waals surface area contributed by atoms with Gasteiger partial charge in [0.25, 0.3) is 0 Å². The molecule has 0 amide bonds. The van der Waals surface area contributed by atoms with Crippen LogP contribution in [0.3, 0.4) is 0 Å². The maximum atomic E-state index is 5.36. The first-order valence-corrected chi connectivity index (χ1v) is 12.9. The number of nitrogens with zero attached hydrogens (tertiary/aromatic N) is 2. The summed E-state index contributed by atoms with van der Waals surface area (Å²) in [5.41, 5.74) is 0. The second-order valence-corrected chi connectivity index (χ2v) is 9.33. The predicted octanol–water partition coefficient (Wildman–Crippen LogP) is 7.06. The van der Waals surface area contributed by atoms with E-state index in [1.165, 1.54) is 135 Å². The van der Waals surface area contributed by atoms with Gasteiger partial charge in [0.1, 0.15) is 0 Å². The van der Waals surface area contributed by atoms with Crippen molar-refractivity contribution < 1.29 is 0 Å². The lowest BCUT2D eigenvalue weighted by molar-refractivity contribution is 0.341. The van der Waals surface area contributed by atoms with Crippen molar-refractivity contribution in [2.45, 2.75) is 142 Å². The molecule has 0 aromatic rings. The third-order valence-electron chi connectivity index (χ3n) is 6.68. The molecular weight excluding hydrogens is 342 g/mol. The van der Waals surface area contributed by atoms with Crippen LogP contribution in [0.2, 0.25) is 0 Å². The Labute approximate surface area is 176 Å². The first kappa shape index (κ1) is 23.5. The van der Waals surface area contributed by atoms with Crippen LogP contribution in [0.5, 0.6) is 0 Å². The van der Waals surface area contributed by atoms with Crippen LogP contribution < -0.4 is 5.32 Å². The van der Waals surface area contributed by atoms with E-state index in [1.807, 2.05) is 0 Å². The summed E-state index contributed by atoms with van der Waals surface area (Å²) < 4.78 is 0. The molecule has 0 aromatic carbocycles. The lowest BCUT2D eigenvalue weighted by atomic mass is 9.95. The van der Waals surface area contributed by atoms with E-state index in [1.54, 1.807) is 0 Å². The molecule has 1 N–H and O–H groups in total. The van der Waals surface area contributed by atoms with Gasteiger partial charge in [-0.1, -0.05) is 90.9 Å². The van der Waals surface area contributed by atoms with Crippen LogP contribution >= 0.6 is 0 Å². The molecule has 0 radical (unpaired) electrons. The normalized spacial score (nSPS) is 19.7. The van der Waals surface area contributed by atoms with Gasteiger partial charge >= 0.3 is 0 Å². The Bertz CT molecular complexity index is 383. The third-order valence-corrected chi connectivity index (χ3v) is 6.68. The minimum Gasteiger partial charge on any atom is -0.353 e. The van der Waals surface area contributed by atoms with Crippen LogP contribution in [0.25, 0.3) is 0 Å². The summed E-state index contributed by atoms with van der Waals surface area (Å²) >= 11 is 0. The molecule has 2 aliphatic rings. The highest BCUT2D eigenvalue weighted by molar-refractivity contribution is 5.80. The maximum absolute atomic E-state index is 5.36. The van der Waals surface area contributed by atoms with Crippen molar-refractivity contribution in [3.63, 3.8) is 0 Å². The zero-order valence-electron chi connectivity index (χ0n) is 19.2. The van der Waals surface area contributed by atoms with E-state index in [0.717, 1.165) is 0 Å². The number of unbranched alkanes of at least 4 members (excludes halogenated alkanes) is 6. The molecule has 0 aliphatic heterocycles.